The van der Waals surface area contributed by atoms with Gasteiger partial charge in [-0.1, -0.05) is 42.5 Å². The van der Waals surface area contributed by atoms with E-state index in [9.17, 15) is 22.4 Å². The van der Waals surface area contributed by atoms with Gasteiger partial charge in [0.05, 0.1) is 5.69 Å². The van der Waals surface area contributed by atoms with Crippen molar-refractivity contribution in [2.45, 2.75) is 30.8 Å². The summed E-state index contributed by atoms with van der Waals surface area (Å²) in [4.78, 5) is 24.9. The number of amides is 1. The van der Waals surface area contributed by atoms with E-state index in [1.807, 2.05) is 19.1 Å². The van der Waals surface area contributed by atoms with Crippen molar-refractivity contribution in [3.8, 4) is 0 Å². The molecule has 0 fully saturated rings. The van der Waals surface area contributed by atoms with Crippen molar-refractivity contribution in [2.75, 3.05) is 11.9 Å². The summed E-state index contributed by atoms with van der Waals surface area (Å²) in [6, 6.07) is 16.2. The first kappa shape index (κ1) is 25.0. The number of rotatable bonds is 6. The van der Waals surface area contributed by atoms with Crippen molar-refractivity contribution in [3.05, 3.63) is 93.7 Å². The standard InChI is InChI=1S/C25H22BrFN2O5S/c1-16-10-11-21(19(26)12-16)28-24(30)15-34-25(31)22-13-17-6-2-3-7-18(17)14-29(22)35(32,33)23-9-5-4-8-20(23)27/h2-12,22H,13-15H2,1H3,(H,28,30)/t22-/m0/s1. The molecule has 3 aromatic carbocycles. The van der Waals surface area contributed by atoms with Gasteiger partial charge in [0, 0.05) is 17.4 Å². The lowest BCUT2D eigenvalue weighted by atomic mass is 9.96. The van der Waals surface area contributed by atoms with Crippen LogP contribution < -0.4 is 5.32 Å². The van der Waals surface area contributed by atoms with Gasteiger partial charge in [-0.05, 0) is 63.8 Å². The van der Waals surface area contributed by atoms with Crippen molar-refractivity contribution >= 4 is 43.5 Å². The molecule has 10 heteroatoms. The van der Waals surface area contributed by atoms with Crippen molar-refractivity contribution in [1.82, 2.24) is 4.31 Å². The second kappa shape index (κ2) is 10.3. The maximum atomic E-state index is 14.4. The Morgan fingerprint density at radius 1 is 1.09 bits per heavy atom. The number of hydrogen-bond acceptors (Lipinski definition) is 5. The van der Waals surface area contributed by atoms with E-state index >= 15 is 0 Å². The van der Waals surface area contributed by atoms with Crippen LogP contribution in [-0.4, -0.2) is 37.2 Å². The predicted octanol–water partition coefficient (Wildman–Crippen LogP) is 4.19. The number of nitrogens with zero attached hydrogens (tertiary/aromatic N) is 1. The van der Waals surface area contributed by atoms with Crippen LogP contribution in [0.4, 0.5) is 10.1 Å². The van der Waals surface area contributed by atoms with Crippen molar-refractivity contribution in [2.24, 2.45) is 0 Å². The quantitative estimate of drug-likeness (QED) is 0.456. The third kappa shape index (κ3) is 5.44. The topological polar surface area (TPSA) is 92.8 Å². The van der Waals surface area contributed by atoms with Gasteiger partial charge in [-0.3, -0.25) is 9.59 Å². The van der Waals surface area contributed by atoms with Crippen LogP contribution in [0.1, 0.15) is 16.7 Å². The van der Waals surface area contributed by atoms with Gasteiger partial charge >= 0.3 is 5.97 Å². The molecular formula is C25H22BrFN2O5S. The molecule has 35 heavy (non-hydrogen) atoms. The highest BCUT2D eigenvalue weighted by atomic mass is 79.9. The fraction of sp³-hybridized carbons (Fsp3) is 0.200. The van der Waals surface area contributed by atoms with E-state index in [-0.39, 0.29) is 13.0 Å². The minimum Gasteiger partial charge on any atom is -0.454 e. The number of aryl methyl sites for hydroxylation is 1. The molecule has 0 bridgehead atoms. The maximum Gasteiger partial charge on any atom is 0.325 e. The van der Waals surface area contributed by atoms with Crippen LogP contribution in [0, 0.1) is 12.7 Å². The summed E-state index contributed by atoms with van der Waals surface area (Å²) in [5.41, 5.74) is 2.99. The molecule has 0 saturated carbocycles. The lowest BCUT2D eigenvalue weighted by molar-refractivity contribution is -0.151. The van der Waals surface area contributed by atoms with Gasteiger partial charge in [-0.15, -0.1) is 0 Å². The van der Waals surface area contributed by atoms with Gasteiger partial charge in [0.2, 0.25) is 10.0 Å². The molecule has 0 radical (unpaired) electrons. The van der Waals surface area contributed by atoms with Gasteiger partial charge in [0.1, 0.15) is 16.8 Å². The second-order valence-electron chi connectivity index (χ2n) is 8.11. The van der Waals surface area contributed by atoms with E-state index in [4.69, 9.17) is 4.74 Å². The molecule has 182 valence electrons. The first-order valence-corrected chi connectivity index (χ1v) is 13.0. The van der Waals surface area contributed by atoms with Gasteiger partial charge < -0.3 is 10.1 Å². The molecule has 1 N–H and O–H groups in total. The zero-order valence-electron chi connectivity index (χ0n) is 18.7. The molecule has 1 aliphatic heterocycles. The van der Waals surface area contributed by atoms with Crippen LogP contribution in [0.2, 0.25) is 0 Å². The van der Waals surface area contributed by atoms with Gasteiger partial charge in [0.25, 0.3) is 5.91 Å². The van der Waals surface area contributed by atoms with Crippen LogP contribution in [0.3, 0.4) is 0 Å². The Morgan fingerprint density at radius 3 is 2.49 bits per heavy atom. The number of ether oxygens (including phenoxy) is 1. The zero-order valence-corrected chi connectivity index (χ0v) is 21.1. The first-order chi connectivity index (χ1) is 16.7. The highest BCUT2D eigenvalue weighted by Crippen LogP contribution is 2.30. The van der Waals surface area contributed by atoms with Crippen LogP contribution in [0.15, 0.2) is 76.1 Å². The van der Waals surface area contributed by atoms with Gasteiger partial charge in [-0.25, -0.2) is 12.8 Å². The summed E-state index contributed by atoms with van der Waals surface area (Å²) in [5.74, 6) is -2.39. The van der Waals surface area contributed by atoms with Gasteiger partial charge in [0.15, 0.2) is 6.61 Å². The summed E-state index contributed by atoms with van der Waals surface area (Å²) in [6.07, 6.45) is 0.0355. The number of hydrogen-bond donors (Lipinski definition) is 1. The summed E-state index contributed by atoms with van der Waals surface area (Å²) < 4.78 is 48.0. The Hall–Kier alpha value is -3.08. The number of nitrogens with one attached hydrogen (secondary N) is 1. The molecule has 0 spiro atoms. The third-order valence-electron chi connectivity index (χ3n) is 5.65. The molecule has 1 heterocycles. The Balaban J connectivity index is 1.55. The maximum absolute atomic E-state index is 14.4. The molecule has 0 saturated heterocycles. The third-order valence-corrected chi connectivity index (χ3v) is 8.19. The van der Waals surface area contributed by atoms with E-state index < -0.39 is 45.3 Å². The Labute approximate surface area is 211 Å². The van der Waals surface area contributed by atoms with Crippen LogP contribution in [-0.2, 0) is 37.3 Å². The Morgan fingerprint density at radius 2 is 1.77 bits per heavy atom. The monoisotopic (exact) mass is 560 g/mol. The van der Waals surface area contributed by atoms with Crippen LogP contribution in [0.25, 0.3) is 0 Å². The number of esters is 1. The molecule has 1 aliphatic rings. The number of benzene rings is 3. The van der Waals surface area contributed by atoms with E-state index in [1.165, 1.54) is 12.1 Å². The lowest BCUT2D eigenvalue weighted by Crippen LogP contribution is -2.49. The first-order valence-electron chi connectivity index (χ1n) is 10.7. The lowest BCUT2D eigenvalue weighted by Gasteiger charge is -2.34. The number of carbonyl (C=O) groups is 2. The van der Waals surface area contributed by atoms with Crippen LogP contribution >= 0.6 is 15.9 Å². The largest absolute Gasteiger partial charge is 0.454 e. The fourth-order valence-electron chi connectivity index (χ4n) is 3.87. The zero-order chi connectivity index (χ0) is 25.2. The van der Waals surface area contributed by atoms with E-state index in [1.54, 1.807) is 30.3 Å². The molecule has 1 amide bonds. The summed E-state index contributed by atoms with van der Waals surface area (Å²) >= 11 is 3.36. The minimum absolute atomic E-state index is 0.0355. The summed E-state index contributed by atoms with van der Waals surface area (Å²) in [6.45, 7) is 1.17. The number of halogens is 2. The van der Waals surface area contributed by atoms with Gasteiger partial charge in [-0.2, -0.15) is 4.31 Å². The highest BCUT2D eigenvalue weighted by molar-refractivity contribution is 9.10. The number of fused-ring (bicyclic) bond motifs is 1. The molecule has 1 atom stereocenters. The molecule has 7 nitrogen and oxygen atoms in total. The fourth-order valence-corrected chi connectivity index (χ4v) is 6.09. The number of carbonyl (C=O) groups excluding carboxylic acids is 2. The Bertz CT molecular complexity index is 1400. The number of sulfonamides is 1. The Kier molecular flexibility index (Phi) is 7.34. The molecule has 0 aromatic heterocycles. The summed E-state index contributed by atoms with van der Waals surface area (Å²) in [5, 5.41) is 2.64. The second-order valence-corrected chi connectivity index (χ2v) is 10.8. The van der Waals surface area contributed by atoms with Crippen molar-refractivity contribution < 1.29 is 27.1 Å². The molecule has 0 unspecified atom stereocenters. The SMILES string of the molecule is Cc1ccc(NC(=O)COC(=O)[C@@H]2Cc3ccccc3CN2S(=O)(=O)c2ccccc2F)c(Br)c1. The average molecular weight is 561 g/mol. The molecular weight excluding hydrogens is 539 g/mol. The highest BCUT2D eigenvalue weighted by Gasteiger charge is 2.41. The average Bonchev–Trinajstić information content (AvgIpc) is 2.83. The van der Waals surface area contributed by atoms with Crippen molar-refractivity contribution in [1.29, 1.82) is 0 Å². The molecule has 4 rings (SSSR count). The van der Waals surface area contributed by atoms with Crippen LogP contribution in [0.5, 0.6) is 0 Å². The predicted molar refractivity (Wildman–Crippen MR) is 132 cm³/mol. The van der Waals surface area contributed by atoms with E-state index in [0.29, 0.717) is 15.7 Å². The van der Waals surface area contributed by atoms with E-state index in [2.05, 4.69) is 21.2 Å². The number of anilines is 1. The molecule has 3 aromatic rings. The minimum atomic E-state index is -4.38. The molecule has 0 aliphatic carbocycles. The summed E-state index contributed by atoms with van der Waals surface area (Å²) in [7, 11) is -4.38. The van der Waals surface area contributed by atoms with Crippen molar-refractivity contribution in [3.63, 3.8) is 0 Å². The smallest absolute Gasteiger partial charge is 0.325 e. The van der Waals surface area contributed by atoms with E-state index in [0.717, 1.165) is 27.6 Å². The normalized spacial score (nSPS) is 15.8.